The molecule has 0 spiro atoms. The molecule has 0 bridgehead atoms. The average molecular weight is 155 g/mol. The van der Waals surface area contributed by atoms with Crippen LogP contribution in [0.1, 0.15) is 0 Å². The number of hydrogen-bond donors (Lipinski definition) is 3. The molecular formula is C5H9N5O. The predicted molar refractivity (Wildman–Crippen MR) is 39.0 cm³/mol. The van der Waals surface area contributed by atoms with Gasteiger partial charge < -0.3 is 5.73 Å². The number of carbonyl (C=O) groups excluding carboxylic acids is 1. The maximum atomic E-state index is 10.7. The smallest absolute Gasteiger partial charge is 0.255 e. The van der Waals surface area contributed by atoms with Gasteiger partial charge in [-0.3, -0.25) is 14.9 Å². The average Bonchev–Trinajstić information content (AvgIpc) is 2.35. The van der Waals surface area contributed by atoms with E-state index in [2.05, 4.69) is 5.10 Å². The van der Waals surface area contributed by atoms with Gasteiger partial charge in [0, 0.05) is 6.20 Å². The van der Waals surface area contributed by atoms with Crippen molar-refractivity contribution in [3.8, 4) is 0 Å². The lowest BCUT2D eigenvalue weighted by Gasteiger charge is -1.97. The molecule has 0 atom stereocenters. The number of anilines is 1. The molecular weight excluding hydrogens is 146 g/mol. The Bertz CT molecular complexity index is 255. The van der Waals surface area contributed by atoms with Gasteiger partial charge in [0.2, 0.25) is 0 Å². The third-order valence-electron chi connectivity index (χ3n) is 1.13. The summed E-state index contributed by atoms with van der Waals surface area (Å²) >= 11 is 0. The highest BCUT2D eigenvalue weighted by atomic mass is 16.2. The first-order chi connectivity index (χ1) is 5.22. The molecule has 11 heavy (non-hydrogen) atoms. The van der Waals surface area contributed by atoms with E-state index in [-0.39, 0.29) is 12.5 Å². The van der Waals surface area contributed by atoms with Gasteiger partial charge >= 0.3 is 0 Å². The van der Waals surface area contributed by atoms with Crippen molar-refractivity contribution in [2.75, 3.05) is 5.73 Å². The van der Waals surface area contributed by atoms with Gasteiger partial charge in [0.05, 0.1) is 0 Å². The van der Waals surface area contributed by atoms with Crippen LogP contribution in [0.3, 0.4) is 0 Å². The van der Waals surface area contributed by atoms with E-state index >= 15 is 0 Å². The van der Waals surface area contributed by atoms with Crippen molar-refractivity contribution in [3.63, 3.8) is 0 Å². The van der Waals surface area contributed by atoms with Gasteiger partial charge in [-0.1, -0.05) is 0 Å². The van der Waals surface area contributed by atoms with E-state index in [0.29, 0.717) is 5.82 Å². The largest absolute Gasteiger partial charge is 0.382 e. The summed E-state index contributed by atoms with van der Waals surface area (Å²) in [6.45, 7) is 0.0910. The fraction of sp³-hybridized carbons (Fsp3) is 0.200. The van der Waals surface area contributed by atoms with E-state index in [9.17, 15) is 4.79 Å². The summed E-state index contributed by atoms with van der Waals surface area (Å²) in [5.41, 5.74) is 7.28. The predicted octanol–water partition coefficient (Wildman–Crippen LogP) is -1.54. The van der Waals surface area contributed by atoms with Crippen LogP contribution in [0.4, 0.5) is 5.82 Å². The Kier molecular flexibility index (Phi) is 2.07. The number of nitrogens with zero attached hydrogens (tertiary/aromatic N) is 2. The highest BCUT2D eigenvalue weighted by molar-refractivity contribution is 5.74. The number of nitrogens with two attached hydrogens (primary N) is 2. The van der Waals surface area contributed by atoms with Crippen molar-refractivity contribution in [3.05, 3.63) is 12.3 Å². The quantitative estimate of drug-likeness (QED) is 0.273. The first-order valence-electron chi connectivity index (χ1n) is 3.01. The Morgan fingerprint density at radius 2 is 2.55 bits per heavy atom. The van der Waals surface area contributed by atoms with E-state index < -0.39 is 0 Å². The molecule has 6 nitrogen and oxygen atoms in total. The van der Waals surface area contributed by atoms with E-state index in [4.69, 9.17) is 11.6 Å². The SMILES string of the molecule is NNC(=O)Cn1ccc(N)n1. The lowest BCUT2D eigenvalue weighted by Crippen LogP contribution is -2.33. The third-order valence-corrected chi connectivity index (χ3v) is 1.13. The van der Waals surface area contributed by atoms with Crippen LogP contribution >= 0.6 is 0 Å². The number of rotatable bonds is 2. The zero-order valence-electron chi connectivity index (χ0n) is 5.82. The molecule has 1 amide bonds. The number of hydrazine groups is 1. The summed E-state index contributed by atoms with van der Waals surface area (Å²) < 4.78 is 1.40. The lowest BCUT2D eigenvalue weighted by molar-refractivity contribution is -0.121. The van der Waals surface area contributed by atoms with Gasteiger partial charge in [-0.2, -0.15) is 5.10 Å². The Morgan fingerprint density at radius 3 is 3.00 bits per heavy atom. The normalized spacial score (nSPS) is 9.55. The number of hydrogen-bond acceptors (Lipinski definition) is 4. The van der Waals surface area contributed by atoms with Crippen LogP contribution in [-0.4, -0.2) is 15.7 Å². The molecule has 0 aliphatic heterocycles. The molecule has 6 heteroatoms. The molecule has 0 saturated carbocycles. The monoisotopic (exact) mass is 155 g/mol. The Balaban J connectivity index is 2.57. The van der Waals surface area contributed by atoms with Gasteiger partial charge in [-0.25, -0.2) is 5.84 Å². The molecule has 0 aliphatic carbocycles. The highest BCUT2D eigenvalue weighted by Crippen LogP contribution is 1.94. The molecule has 1 aromatic rings. The number of carbonyl (C=O) groups is 1. The van der Waals surface area contributed by atoms with Crippen molar-refractivity contribution in [1.82, 2.24) is 15.2 Å². The van der Waals surface area contributed by atoms with Gasteiger partial charge in [0.1, 0.15) is 12.4 Å². The Morgan fingerprint density at radius 1 is 1.82 bits per heavy atom. The van der Waals surface area contributed by atoms with E-state index in [1.165, 1.54) is 4.68 Å². The molecule has 1 aromatic heterocycles. The van der Waals surface area contributed by atoms with Crippen LogP contribution in [0.15, 0.2) is 12.3 Å². The summed E-state index contributed by atoms with van der Waals surface area (Å²) in [4.78, 5) is 10.7. The van der Waals surface area contributed by atoms with Crippen molar-refractivity contribution in [1.29, 1.82) is 0 Å². The van der Waals surface area contributed by atoms with Crippen LogP contribution < -0.4 is 17.0 Å². The molecule has 0 fully saturated rings. The summed E-state index contributed by atoms with van der Waals surface area (Å²) in [5.74, 6) is 4.93. The second kappa shape index (κ2) is 3.02. The standard InChI is InChI=1S/C5H9N5O/c6-4-1-2-10(9-4)3-5(11)8-7/h1-2H,3,7H2,(H2,6,9)(H,8,11). The van der Waals surface area contributed by atoms with Gasteiger partial charge in [-0.05, 0) is 6.07 Å². The number of amides is 1. The van der Waals surface area contributed by atoms with Crippen molar-refractivity contribution in [2.24, 2.45) is 5.84 Å². The van der Waals surface area contributed by atoms with E-state index in [1.54, 1.807) is 12.3 Å². The zero-order chi connectivity index (χ0) is 8.27. The van der Waals surface area contributed by atoms with E-state index in [1.807, 2.05) is 5.43 Å². The molecule has 1 heterocycles. The molecule has 1 rings (SSSR count). The topological polar surface area (TPSA) is 99.0 Å². The number of nitrogen functional groups attached to an aromatic ring is 1. The molecule has 0 saturated heterocycles. The summed E-state index contributed by atoms with van der Waals surface area (Å²) in [7, 11) is 0. The molecule has 0 radical (unpaired) electrons. The summed E-state index contributed by atoms with van der Waals surface area (Å²) in [6, 6.07) is 1.60. The molecule has 0 aromatic carbocycles. The minimum Gasteiger partial charge on any atom is -0.382 e. The fourth-order valence-electron chi connectivity index (χ4n) is 0.658. The minimum atomic E-state index is -0.312. The van der Waals surface area contributed by atoms with E-state index in [0.717, 1.165) is 0 Å². The number of nitrogens with one attached hydrogen (secondary N) is 1. The fourth-order valence-corrected chi connectivity index (χ4v) is 0.658. The number of aromatic nitrogens is 2. The maximum absolute atomic E-state index is 10.7. The van der Waals surface area contributed by atoms with Crippen LogP contribution in [0.5, 0.6) is 0 Å². The van der Waals surface area contributed by atoms with Crippen molar-refractivity contribution < 1.29 is 4.79 Å². The molecule has 0 unspecified atom stereocenters. The summed E-state index contributed by atoms with van der Waals surface area (Å²) in [6.07, 6.45) is 1.60. The molecule has 60 valence electrons. The van der Waals surface area contributed by atoms with Crippen LogP contribution in [0.25, 0.3) is 0 Å². The highest BCUT2D eigenvalue weighted by Gasteiger charge is 1.99. The lowest BCUT2D eigenvalue weighted by atomic mass is 10.6. The first-order valence-corrected chi connectivity index (χ1v) is 3.01. The molecule has 5 N–H and O–H groups in total. The Labute approximate surface area is 63.1 Å². The third kappa shape index (κ3) is 1.94. The minimum absolute atomic E-state index is 0.0910. The first kappa shape index (κ1) is 7.55. The van der Waals surface area contributed by atoms with Crippen LogP contribution in [0, 0.1) is 0 Å². The molecule has 0 aliphatic rings. The van der Waals surface area contributed by atoms with Crippen molar-refractivity contribution in [2.45, 2.75) is 6.54 Å². The zero-order valence-corrected chi connectivity index (χ0v) is 5.82. The second-order valence-electron chi connectivity index (χ2n) is 2.01. The second-order valence-corrected chi connectivity index (χ2v) is 2.01. The van der Waals surface area contributed by atoms with Gasteiger partial charge in [0.15, 0.2) is 0 Å². The van der Waals surface area contributed by atoms with Crippen LogP contribution in [0.2, 0.25) is 0 Å². The van der Waals surface area contributed by atoms with Crippen LogP contribution in [-0.2, 0) is 11.3 Å². The Hall–Kier alpha value is -1.56. The maximum Gasteiger partial charge on any atom is 0.255 e. The van der Waals surface area contributed by atoms with Gasteiger partial charge in [0.25, 0.3) is 5.91 Å². The summed E-state index contributed by atoms with van der Waals surface area (Å²) in [5, 5.41) is 3.78. The van der Waals surface area contributed by atoms with Crippen molar-refractivity contribution >= 4 is 11.7 Å². The van der Waals surface area contributed by atoms with Gasteiger partial charge in [-0.15, -0.1) is 0 Å².